The van der Waals surface area contributed by atoms with Gasteiger partial charge in [0.05, 0.1) is 13.5 Å². The Bertz CT molecular complexity index is 855. The first-order chi connectivity index (χ1) is 11.7. The van der Waals surface area contributed by atoms with Crippen LogP contribution < -0.4 is 10.1 Å². The first-order valence-electron chi connectivity index (χ1n) is 8.03. The molecule has 0 atom stereocenters. The number of aryl methyl sites for hydroxylation is 1. The van der Waals surface area contributed by atoms with Gasteiger partial charge in [0.25, 0.3) is 0 Å². The molecule has 24 heavy (non-hydrogen) atoms. The molecule has 0 unspecified atom stereocenters. The van der Waals surface area contributed by atoms with Gasteiger partial charge in [0.2, 0.25) is 5.91 Å². The molecule has 0 spiro atoms. The molecule has 5 heteroatoms. The molecule has 3 rings (SSSR count). The van der Waals surface area contributed by atoms with Crippen LogP contribution in [0.3, 0.4) is 0 Å². The van der Waals surface area contributed by atoms with E-state index in [1.807, 2.05) is 42.6 Å². The molecule has 3 aromatic rings. The minimum atomic E-state index is -0.00294. The summed E-state index contributed by atoms with van der Waals surface area (Å²) < 4.78 is 7.27. The van der Waals surface area contributed by atoms with E-state index in [4.69, 9.17) is 4.74 Å². The number of nitrogens with zero attached hydrogens (tertiary/aromatic N) is 2. The van der Waals surface area contributed by atoms with E-state index in [0.29, 0.717) is 13.0 Å². The number of fused-ring (bicyclic) bond motifs is 1. The van der Waals surface area contributed by atoms with Gasteiger partial charge in [-0.05, 0) is 42.3 Å². The van der Waals surface area contributed by atoms with Gasteiger partial charge in [-0.1, -0.05) is 12.1 Å². The Morgan fingerprint density at radius 1 is 1.29 bits per heavy atom. The maximum absolute atomic E-state index is 12.3. The number of methoxy groups -OCH3 is 1. The zero-order chi connectivity index (χ0) is 16.9. The van der Waals surface area contributed by atoms with Crippen LogP contribution in [0, 0.1) is 0 Å². The van der Waals surface area contributed by atoms with Crippen LogP contribution in [0.15, 0.2) is 48.8 Å². The Kier molecular flexibility index (Phi) is 4.79. The molecule has 0 aliphatic carbocycles. The Morgan fingerprint density at radius 3 is 2.96 bits per heavy atom. The van der Waals surface area contributed by atoms with Crippen LogP contribution >= 0.6 is 0 Å². The van der Waals surface area contributed by atoms with Gasteiger partial charge in [-0.25, -0.2) is 4.98 Å². The average Bonchev–Trinajstić information content (AvgIpc) is 2.98. The maximum Gasteiger partial charge on any atom is 0.224 e. The van der Waals surface area contributed by atoms with Gasteiger partial charge in [-0.2, -0.15) is 0 Å². The molecule has 1 amide bonds. The number of ether oxygens (including phenoxy) is 1. The zero-order valence-corrected chi connectivity index (χ0v) is 14.0. The van der Waals surface area contributed by atoms with E-state index in [1.54, 1.807) is 13.3 Å². The predicted octanol–water partition coefficient (Wildman–Crippen LogP) is 2.92. The minimum absolute atomic E-state index is 0.00294. The number of aromatic nitrogens is 2. The second kappa shape index (κ2) is 7.17. The summed E-state index contributed by atoms with van der Waals surface area (Å²) in [5.74, 6) is 0.788. The highest BCUT2D eigenvalue weighted by molar-refractivity contribution is 5.87. The summed E-state index contributed by atoms with van der Waals surface area (Å²) in [6, 6.07) is 11.6. The van der Waals surface area contributed by atoms with E-state index < -0.39 is 0 Å². The van der Waals surface area contributed by atoms with Crippen LogP contribution in [0.5, 0.6) is 5.75 Å². The number of hydrogen-bond donors (Lipinski definition) is 1. The molecular formula is C19H21N3O2. The van der Waals surface area contributed by atoms with Crippen molar-refractivity contribution in [3.05, 3.63) is 59.9 Å². The molecule has 2 heterocycles. The second-order valence-corrected chi connectivity index (χ2v) is 5.62. The number of nitrogens with one attached hydrogen (secondary N) is 1. The van der Waals surface area contributed by atoms with Gasteiger partial charge in [-0.3, -0.25) is 4.79 Å². The number of carbonyl (C=O) groups is 1. The van der Waals surface area contributed by atoms with E-state index in [0.717, 1.165) is 34.5 Å². The maximum atomic E-state index is 12.3. The largest absolute Gasteiger partial charge is 0.497 e. The van der Waals surface area contributed by atoms with Crippen LogP contribution in [0.2, 0.25) is 0 Å². The third-order valence-corrected chi connectivity index (χ3v) is 4.03. The molecule has 0 aliphatic heterocycles. The topological polar surface area (TPSA) is 56.2 Å². The molecule has 1 aromatic carbocycles. The van der Waals surface area contributed by atoms with Crippen LogP contribution in [-0.4, -0.2) is 22.6 Å². The van der Waals surface area contributed by atoms with Crippen molar-refractivity contribution in [2.45, 2.75) is 26.4 Å². The third kappa shape index (κ3) is 3.40. The highest BCUT2D eigenvalue weighted by Crippen LogP contribution is 2.20. The summed E-state index contributed by atoms with van der Waals surface area (Å²) in [6.45, 7) is 3.39. The first kappa shape index (κ1) is 16.1. The monoisotopic (exact) mass is 323 g/mol. The SMILES string of the molecule is CCn1cc(CC(=O)NCc2cccc(OC)c2)c2cccnc21. The Labute approximate surface area is 141 Å². The van der Waals surface area contributed by atoms with Crippen molar-refractivity contribution in [1.29, 1.82) is 0 Å². The Balaban J connectivity index is 1.69. The number of amides is 1. The normalized spacial score (nSPS) is 10.8. The van der Waals surface area contributed by atoms with Gasteiger partial charge < -0.3 is 14.6 Å². The average molecular weight is 323 g/mol. The van der Waals surface area contributed by atoms with Gasteiger partial charge in [0.15, 0.2) is 0 Å². The Hall–Kier alpha value is -2.82. The molecular weight excluding hydrogens is 302 g/mol. The van der Waals surface area contributed by atoms with Crippen LogP contribution in [0.4, 0.5) is 0 Å². The van der Waals surface area contributed by atoms with Crippen LogP contribution in [0.25, 0.3) is 11.0 Å². The molecule has 0 aliphatic rings. The van der Waals surface area contributed by atoms with Crippen molar-refractivity contribution in [3.8, 4) is 5.75 Å². The van der Waals surface area contributed by atoms with Gasteiger partial charge in [0, 0.05) is 30.9 Å². The summed E-state index contributed by atoms with van der Waals surface area (Å²) in [6.07, 6.45) is 4.14. The number of pyridine rings is 1. The summed E-state index contributed by atoms with van der Waals surface area (Å²) in [7, 11) is 1.63. The fourth-order valence-electron chi connectivity index (χ4n) is 2.80. The standard InChI is InChI=1S/C19H21N3O2/c1-3-22-13-15(17-8-5-9-20-19(17)22)11-18(23)21-12-14-6-4-7-16(10-14)24-2/h4-10,13H,3,11-12H2,1-2H3,(H,21,23). The molecule has 1 N–H and O–H groups in total. The third-order valence-electron chi connectivity index (χ3n) is 4.03. The minimum Gasteiger partial charge on any atom is -0.497 e. The summed E-state index contributed by atoms with van der Waals surface area (Å²) in [5.41, 5.74) is 2.94. The molecule has 0 saturated heterocycles. The molecule has 0 fully saturated rings. The predicted molar refractivity (Wildman–Crippen MR) is 94.0 cm³/mol. The fourth-order valence-corrected chi connectivity index (χ4v) is 2.80. The molecule has 124 valence electrons. The highest BCUT2D eigenvalue weighted by Gasteiger charge is 2.12. The van der Waals surface area contributed by atoms with Crippen LogP contribution in [-0.2, 0) is 24.3 Å². The number of rotatable bonds is 6. The highest BCUT2D eigenvalue weighted by atomic mass is 16.5. The van der Waals surface area contributed by atoms with E-state index >= 15 is 0 Å². The number of carbonyl (C=O) groups excluding carboxylic acids is 1. The van der Waals surface area contributed by atoms with Gasteiger partial charge in [-0.15, -0.1) is 0 Å². The summed E-state index contributed by atoms with van der Waals surface area (Å²) >= 11 is 0. The molecule has 2 aromatic heterocycles. The van der Waals surface area contributed by atoms with Crippen molar-refractivity contribution in [2.75, 3.05) is 7.11 Å². The van der Waals surface area contributed by atoms with E-state index in [9.17, 15) is 4.79 Å². The Morgan fingerprint density at radius 2 is 2.17 bits per heavy atom. The molecule has 0 saturated carbocycles. The lowest BCUT2D eigenvalue weighted by molar-refractivity contribution is -0.120. The lowest BCUT2D eigenvalue weighted by atomic mass is 10.1. The molecule has 0 bridgehead atoms. The summed E-state index contributed by atoms with van der Waals surface area (Å²) in [4.78, 5) is 16.7. The molecule has 5 nitrogen and oxygen atoms in total. The quantitative estimate of drug-likeness (QED) is 0.759. The number of hydrogen-bond acceptors (Lipinski definition) is 3. The van der Waals surface area contributed by atoms with Gasteiger partial charge >= 0.3 is 0 Å². The smallest absolute Gasteiger partial charge is 0.224 e. The second-order valence-electron chi connectivity index (χ2n) is 5.62. The van der Waals surface area contributed by atoms with Gasteiger partial charge in [0.1, 0.15) is 11.4 Å². The first-order valence-corrected chi connectivity index (χ1v) is 8.03. The van der Waals surface area contributed by atoms with Crippen molar-refractivity contribution in [3.63, 3.8) is 0 Å². The zero-order valence-electron chi connectivity index (χ0n) is 14.0. The number of benzene rings is 1. The lowest BCUT2D eigenvalue weighted by Gasteiger charge is -2.06. The van der Waals surface area contributed by atoms with Crippen molar-refractivity contribution in [2.24, 2.45) is 0 Å². The van der Waals surface area contributed by atoms with Crippen LogP contribution in [0.1, 0.15) is 18.1 Å². The van der Waals surface area contributed by atoms with Crippen molar-refractivity contribution < 1.29 is 9.53 Å². The molecule has 0 radical (unpaired) electrons. The fraction of sp³-hybridized carbons (Fsp3) is 0.263. The van der Waals surface area contributed by atoms with Crippen molar-refractivity contribution in [1.82, 2.24) is 14.9 Å². The van der Waals surface area contributed by atoms with E-state index in [2.05, 4.69) is 21.8 Å². The van der Waals surface area contributed by atoms with E-state index in [1.165, 1.54) is 0 Å². The lowest BCUT2D eigenvalue weighted by Crippen LogP contribution is -2.24. The van der Waals surface area contributed by atoms with Crippen molar-refractivity contribution >= 4 is 16.9 Å². The summed E-state index contributed by atoms with van der Waals surface area (Å²) in [5, 5.41) is 4.00. The van der Waals surface area contributed by atoms with E-state index in [-0.39, 0.29) is 5.91 Å².